The van der Waals surface area contributed by atoms with E-state index in [-0.39, 0.29) is 11.9 Å². The largest absolute Gasteiger partial charge is 0.302 e. The molecule has 96 valence electrons. The average Bonchev–Trinajstić information content (AvgIpc) is 2.83. The minimum absolute atomic E-state index is 0.0416. The summed E-state index contributed by atoms with van der Waals surface area (Å²) in [5.74, 6) is -0.167. The SMILES string of the molecule is Cc1ccc(C(NC(C)C)c2nccs2)cc1F. The van der Waals surface area contributed by atoms with Crippen molar-refractivity contribution < 1.29 is 4.39 Å². The molecule has 0 aliphatic carbocycles. The fraction of sp³-hybridized carbons (Fsp3) is 0.357. The molecule has 0 radical (unpaired) electrons. The Morgan fingerprint density at radius 3 is 2.67 bits per heavy atom. The minimum Gasteiger partial charge on any atom is -0.302 e. The number of nitrogens with one attached hydrogen (secondary N) is 1. The third-order valence-electron chi connectivity index (χ3n) is 2.73. The Morgan fingerprint density at radius 2 is 2.11 bits per heavy atom. The lowest BCUT2D eigenvalue weighted by molar-refractivity contribution is 0.522. The smallest absolute Gasteiger partial charge is 0.126 e. The van der Waals surface area contributed by atoms with Gasteiger partial charge in [0.15, 0.2) is 0 Å². The molecule has 0 aliphatic heterocycles. The summed E-state index contributed by atoms with van der Waals surface area (Å²) in [6, 6.07) is 5.63. The monoisotopic (exact) mass is 264 g/mol. The van der Waals surface area contributed by atoms with Crippen LogP contribution in [0, 0.1) is 12.7 Å². The first kappa shape index (κ1) is 13.2. The number of aromatic nitrogens is 1. The molecule has 1 aromatic carbocycles. The standard InChI is InChI=1S/C14H17FN2S/c1-9(2)17-13(14-16-6-7-18-14)11-5-4-10(3)12(15)8-11/h4-9,13,17H,1-3H3. The van der Waals surface area contributed by atoms with Gasteiger partial charge >= 0.3 is 0 Å². The molecule has 1 N–H and O–H groups in total. The number of aryl methyl sites for hydroxylation is 1. The molecule has 0 amide bonds. The van der Waals surface area contributed by atoms with E-state index >= 15 is 0 Å². The molecule has 2 aromatic rings. The van der Waals surface area contributed by atoms with Crippen molar-refractivity contribution in [3.8, 4) is 0 Å². The first-order valence-corrected chi connectivity index (χ1v) is 6.87. The van der Waals surface area contributed by atoms with E-state index in [1.165, 1.54) is 0 Å². The Balaban J connectivity index is 2.36. The van der Waals surface area contributed by atoms with E-state index in [9.17, 15) is 4.39 Å². The van der Waals surface area contributed by atoms with Crippen molar-refractivity contribution in [1.82, 2.24) is 10.3 Å². The highest BCUT2D eigenvalue weighted by atomic mass is 32.1. The predicted molar refractivity (Wildman–Crippen MR) is 73.4 cm³/mol. The zero-order valence-corrected chi connectivity index (χ0v) is 11.6. The van der Waals surface area contributed by atoms with E-state index in [1.807, 2.05) is 17.5 Å². The number of benzene rings is 1. The highest BCUT2D eigenvalue weighted by Gasteiger charge is 2.18. The summed E-state index contributed by atoms with van der Waals surface area (Å²) in [5.41, 5.74) is 1.59. The van der Waals surface area contributed by atoms with Crippen LogP contribution in [0.1, 0.15) is 36.0 Å². The molecular weight excluding hydrogens is 247 g/mol. The van der Waals surface area contributed by atoms with Gasteiger partial charge in [-0.1, -0.05) is 12.1 Å². The van der Waals surface area contributed by atoms with Gasteiger partial charge in [-0.05, 0) is 38.0 Å². The molecular formula is C14H17FN2S. The molecule has 1 aromatic heterocycles. The van der Waals surface area contributed by atoms with Crippen LogP contribution in [0.4, 0.5) is 4.39 Å². The van der Waals surface area contributed by atoms with Crippen LogP contribution in [0.15, 0.2) is 29.8 Å². The van der Waals surface area contributed by atoms with E-state index in [4.69, 9.17) is 0 Å². The molecule has 0 fully saturated rings. The maximum atomic E-state index is 13.7. The van der Waals surface area contributed by atoms with Crippen molar-refractivity contribution in [1.29, 1.82) is 0 Å². The third kappa shape index (κ3) is 2.94. The lowest BCUT2D eigenvalue weighted by Gasteiger charge is -2.20. The molecule has 0 saturated heterocycles. The molecule has 1 atom stereocenters. The summed E-state index contributed by atoms with van der Waals surface area (Å²) in [6.45, 7) is 5.92. The first-order chi connectivity index (χ1) is 8.58. The molecule has 0 saturated carbocycles. The number of rotatable bonds is 4. The van der Waals surface area contributed by atoms with Gasteiger partial charge in [-0.25, -0.2) is 9.37 Å². The zero-order chi connectivity index (χ0) is 13.1. The molecule has 1 heterocycles. The summed E-state index contributed by atoms with van der Waals surface area (Å²) in [7, 11) is 0. The van der Waals surface area contributed by atoms with Crippen LogP contribution in [-0.4, -0.2) is 11.0 Å². The van der Waals surface area contributed by atoms with E-state index in [1.54, 1.807) is 30.5 Å². The maximum absolute atomic E-state index is 13.7. The highest BCUT2D eigenvalue weighted by Crippen LogP contribution is 2.25. The van der Waals surface area contributed by atoms with E-state index in [0.717, 1.165) is 10.6 Å². The summed E-state index contributed by atoms with van der Waals surface area (Å²) < 4.78 is 13.7. The number of thiazole rings is 1. The summed E-state index contributed by atoms with van der Waals surface area (Å²) in [6.07, 6.45) is 1.78. The molecule has 0 spiro atoms. The number of halogens is 1. The summed E-state index contributed by atoms with van der Waals surface area (Å²) in [5, 5.41) is 6.33. The van der Waals surface area contributed by atoms with Crippen LogP contribution in [0.3, 0.4) is 0 Å². The zero-order valence-electron chi connectivity index (χ0n) is 10.8. The van der Waals surface area contributed by atoms with Crippen molar-refractivity contribution in [3.63, 3.8) is 0 Å². The van der Waals surface area contributed by atoms with Crippen molar-refractivity contribution in [2.45, 2.75) is 32.9 Å². The lowest BCUT2D eigenvalue weighted by Crippen LogP contribution is -2.29. The predicted octanol–water partition coefficient (Wildman–Crippen LogP) is 3.68. The van der Waals surface area contributed by atoms with Crippen molar-refractivity contribution in [2.24, 2.45) is 0 Å². The van der Waals surface area contributed by atoms with Crippen LogP contribution in [0.5, 0.6) is 0 Å². The van der Waals surface area contributed by atoms with E-state index in [0.29, 0.717) is 11.6 Å². The molecule has 2 nitrogen and oxygen atoms in total. The Bertz CT molecular complexity index is 509. The maximum Gasteiger partial charge on any atom is 0.126 e. The quantitative estimate of drug-likeness (QED) is 0.911. The molecule has 1 unspecified atom stereocenters. The highest BCUT2D eigenvalue weighted by molar-refractivity contribution is 7.09. The van der Waals surface area contributed by atoms with Gasteiger partial charge < -0.3 is 5.32 Å². The van der Waals surface area contributed by atoms with Gasteiger partial charge in [0, 0.05) is 17.6 Å². The molecule has 0 aliphatic rings. The third-order valence-corrected chi connectivity index (χ3v) is 3.57. The molecule has 4 heteroatoms. The van der Waals surface area contributed by atoms with Crippen LogP contribution >= 0.6 is 11.3 Å². The first-order valence-electron chi connectivity index (χ1n) is 5.99. The topological polar surface area (TPSA) is 24.9 Å². The minimum atomic E-state index is -0.167. The Morgan fingerprint density at radius 1 is 1.33 bits per heavy atom. The van der Waals surface area contributed by atoms with Gasteiger partial charge in [-0.2, -0.15) is 0 Å². The van der Waals surface area contributed by atoms with E-state index < -0.39 is 0 Å². The second-order valence-electron chi connectivity index (χ2n) is 4.63. The molecule has 18 heavy (non-hydrogen) atoms. The Hall–Kier alpha value is -1.26. The van der Waals surface area contributed by atoms with Crippen LogP contribution in [0.25, 0.3) is 0 Å². The molecule has 0 bridgehead atoms. The normalized spacial score (nSPS) is 12.9. The van der Waals surface area contributed by atoms with Gasteiger partial charge in [0.2, 0.25) is 0 Å². The lowest BCUT2D eigenvalue weighted by atomic mass is 10.0. The number of hydrogen-bond acceptors (Lipinski definition) is 3. The molecule has 2 rings (SSSR count). The second-order valence-corrected chi connectivity index (χ2v) is 5.56. The Labute approximate surface area is 111 Å². The number of nitrogens with zero attached hydrogens (tertiary/aromatic N) is 1. The van der Waals surface area contributed by atoms with Crippen molar-refractivity contribution in [2.75, 3.05) is 0 Å². The second kappa shape index (κ2) is 5.59. The van der Waals surface area contributed by atoms with Crippen LogP contribution < -0.4 is 5.32 Å². The fourth-order valence-electron chi connectivity index (χ4n) is 1.81. The summed E-state index contributed by atoms with van der Waals surface area (Å²) in [4.78, 5) is 4.33. The van der Waals surface area contributed by atoms with Gasteiger partial charge in [0.1, 0.15) is 10.8 Å². The van der Waals surface area contributed by atoms with Gasteiger partial charge in [0.05, 0.1) is 6.04 Å². The fourth-order valence-corrected chi connectivity index (χ4v) is 2.53. The van der Waals surface area contributed by atoms with Crippen molar-refractivity contribution >= 4 is 11.3 Å². The van der Waals surface area contributed by atoms with Crippen LogP contribution in [0.2, 0.25) is 0 Å². The average molecular weight is 264 g/mol. The Kier molecular flexibility index (Phi) is 4.09. The van der Waals surface area contributed by atoms with Gasteiger partial charge in [-0.3, -0.25) is 0 Å². The van der Waals surface area contributed by atoms with Crippen LogP contribution in [-0.2, 0) is 0 Å². The van der Waals surface area contributed by atoms with Gasteiger partial charge in [-0.15, -0.1) is 11.3 Å². The van der Waals surface area contributed by atoms with E-state index in [2.05, 4.69) is 24.1 Å². The number of hydrogen-bond donors (Lipinski definition) is 1. The summed E-state index contributed by atoms with van der Waals surface area (Å²) >= 11 is 1.58. The van der Waals surface area contributed by atoms with Crippen molar-refractivity contribution in [3.05, 3.63) is 51.7 Å². The van der Waals surface area contributed by atoms with Gasteiger partial charge in [0.25, 0.3) is 0 Å².